The number of nitrogens with one attached hydrogen (secondary N) is 1. The summed E-state index contributed by atoms with van der Waals surface area (Å²) in [6.07, 6.45) is 0.211. The first-order valence-corrected chi connectivity index (χ1v) is 7.16. The lowest BCUT2D eigenvalue weighted by molar-refractivity contribution is -0.116. The van der Waals surface area contributed by atoms with Crippen molar-refractivity contribution in [2.75, 3.05) is 12.4 Å². The molecule has 2 rings (SSSR count). The minimum absolute atomic E-state index is 0.0795. The van der Waals surface area contributed by atoms with Gasteiger partial charge in [0.2, 0.25) is 5.91 Å². The number of esters is 1. The lowest BCUT2D eigenvalue weighted by Crippen LogP contribution is -2.14. The maximum absolute atomic E-state index is 11.9. The van der Waals surface area contributed by atoms with Crippen molar-refractivity contribution in [1.82, 2.24) is 0 Å². The van der Waals surface area contributed by atoms with Gasteiger partial charge in [0.1, 0.15) is 0 Å². The largest absolute Gasteiger partial charge is 0.465 e. The smallest absolute Gasteiger partial charge is 0.337 e. The first-order chi connectivity index (χ1) is 11.1. The Hall–Kier alpha value is -2.95. The van der Waals surface area contributed by atoms with Crippen LogP contribution in [0.2, 0.25) is 0 Å². The highest BCUT2D eigenvalue weighted by Crippen LogP contribution is 2.13. The van der Waals surface area contributed by atoms with Crippen molar-refractivity contribution in [3.8, 4) is 0 Å². The van der Waals surface area contributed by atoms with Gasteiger partial charge in [0.05, 0.1) is 12.7 Å². The molecule has 5 nitrogen and oxygen atoms in total. The molecule has 0 spiro atoms. The Morgan fingerprint density at radius 1 is 0.913 bits per heavy atom. The Kier molecular flexibility index (Phi) is 5.63. The second kappa shape index (κ2) is 7.89. The fraction of sp³-hybridized carbons (Fsp3) is 0.167. The second-order valence-corrected chi connectivity index (χ2v) is 4.91. The molecule has 0 heterocycles. The third-order valence-corrected chi connectivity index (χ3v) is 3.24. The Balaban J connectivity index is 1.90. The maximum Gasteiger partial charge on any atom is 0.337 e. The summed E-state index contributed by atoms with van der Waals surface area (Å²) in [7, 11) is 1.29. The van der Waals surface area contributed by atoms with E-state index in [0.29, 0.717) is 16.8 Å². The van der Waals surface area contributed by atoms with Crippen molar-refractivity contribution in [3.63, 3.8) is 0 Å². The first-order valence-electron chi connectivity index (χ1n) is 7.16. The molecule has 0 saturated heterocycles. The van der Waals surface area contributed by atoms with E-state index in [1.807, 2.05) is 6.07 Å². The number of Topliss-reactive ketones (excluding diaryl/α,β-unsaturated/α-hetero) is 1. The zero-order chi connectivity index (χ0) is 16.7. The minimum atomic E-state index is -0.472. The van der Waals surface area contributed by atoms with Crippen molar-refractivity contribution in [2.45, 2.75) is 12.8 Å². The molecule has 2 aromatic rings. The molecule has 0 aliphatic carbocycles. The van der Waals surface area contributed by atoms with Crippen molar-refractivity contribution in [2.24, 2.45) is 0 Å². The molecule has 5 heteroatoms. The van der Waals surface area contributed by atoms with Gasteiger partial charge in [-0.2, -0.15) is 0 Å². The Morgan fingerprint density at radius 2 is 1.61 bits per heavy atom. The van der Waals surface area contributed by atoms with Crippen LogP contribution in [0.1, 0.15) is 33.6 Å². The lowest BCUT2D eigenvalue weighted by Gasteiger charge is -2.06. The summed E-state index contributed by atoms with van der Waals surface area (Å²) >= 11 is 0. The molecule has 118 valence electrons. The molecule has 0 aliphatic heterocycles. The number of amides is 1. The predicted molar refractivity (Wildman–Crippen MR) is 86.4 cm³/mol. The topological polar surface area (TPSA) is 72.5 Å². The van der Waals surface area contributed by atoms with E-state index in [-0.39, 0.29) is 24.5 Å². The number of anilines is 1. The van der Waals surface area contributed by atoms with Crippen molar-refractivity contribution in [1.29, 1.82) is 0 Å². The molecule has 0 bridgehead atoms. The number of carbonyl (C=O) groups excluding carboxylic acids is 3. The van der Waals surface area contributed by atoms with Gasteiger partial charge in [-0.15, -0.1) is 0 Å². The first kappa shape index (κ1) is 16.4. The van der Waals surface area contributed by atoms with Crippen LogP contribution >= 0.6 is 0 Å². The SMILES string of the molecule is COC(=O)c1cccc(NC(=O)CCC(=O)c2ccccc2)c1. The van der Waals surface area contributed by atoms with E-state index in [0.717, 1.165) is 0 Å². The molecule has 1 amide bonds. The van der Waals surface area contributed by atoms with E-state index in [1.165, 1.54) is 13.2 Å². The van der Waals surface area contributed by atoms with E-state index in [9.17, 15) is 14.4 Å². The Labute approximate surface area is 134 Å². The van der Waals surface area contributed by atoms with Crippen molar-refractivity contribution >= 4 is 23.3 Å². The number of carbonyl (C=O) groups is 3. The van der Waals surface area contributed by atoms with Gasteiger partial charge in [-0.1, -0.05) is 36.4 Å². The molecule has 2 aromatic carbocycles. The average molecular weight is 311 g/mol. The average Bonchev–Trinajstić information content (AvgIpc) is 2.60. The van der Waals surface area contributed by atoms with E-state index in [1.54, 1.807) is 42.5 Å². The van der Waals surface area contributed by atoms with Gasteiger partial charge >= 0.3 is 5.97 Å². The van der Waals surface area contributed by atoms with Crippen LogP contribution < -0.4 is 5.32 Å². The molecule has 0 atom stereocenters. The molecule has 0 saturated carbocycles. The summed E-state index contributed by atoms with van der Waals surface area (Å²) in [5.74, 6) is -0.833. The summed E-state index contributed by atoms with van der Waals surface area (Å²) in [5, 5.41) is 2.67. The summed E-state index contributed by atoms with van der Waals surface area (Å²) in [5.41, 5.74) is 1.43. The van der Waals surface area contributed by atoms with E-state index < -0.39 is 5.97 Å². The molecule has 0 unspecified atom stereocenters. The number of rotatable bonds is 6. The standard InChI is InChI=1S/C18H17NO4/c1-23-18(22)14-8-5-9-15(12-14)19-17(21)11-10-16(20)13-6-3-2-4-7-13/h2-9,12H,10-11H2,1H3,(H,19,21). The van der Waals surface area contributed by atoms with Crippen LogP contribution in [0.4, 0.5) is 5.69 Å². The van der Waals surface area contributed by atoms with Gasteiger partial charge < -0.3 is 10.1 Å². The summed E-state index contributed by atoms with van der Waals surface area (Å²) < 4.78 is 4.63. The fourth-order valence-corrected chi connectivity index (χ4v) is 2.06. The highest BCUT2D eigenvalue weighted by molar-refractivity contribution is 6.00. The quantitative estimate of drug-likeness (QED) is 0.657. The summed E-state index contributed by atoms with van der Waals surface area (Å²) in [4.78, 5) is 35.3. The number of ketones is 1. The predicted octanol–water partition coefficient (Wildman–Crippen LogP) is 3.07. The second-order valence-electron chi connectivity index (χ2n) is 4.91. The third-order valence-electron chi connectivity index (χ3n) is 3.24. The number of methoxy groups -OCH3 is 1. The number of ether oxygens (including phenoxy) is 1. The minimum Gasteiger partial charge on any atom is -0.465 e. The van der Waals surface area contributed by atoms with Crippen LogP contribution in [-0.2, 0) is 9.53 Å². The van der Waals surface area contributed by atoms with Gasteiger partial charge in [-0.3, -0.25) is 9.59 Å². The monoisotopic (exact) mass is 311 g/mol. The third kappa shape index (κ3) is 4.78. The number of hydrogen-bond donors (Lipinski definition) is 1. The number of hydrogen-bond acceptors (Lipinski definition) is 4. The van der Waals surface area contributed by atoms with Gasteiger partial charge in [-0.25, -0.2) is 4.79 Å². The van der Waals surface area contributed by atoms with Gasteiger partial charge in [0.15, 0.2) is 5.78 Å². The summed E-state index contributed by atoms with van der Waals surface area (Å²) in [6.45, 7) is 0. The van der Waals surface area contributed by atoms with Crippen LogP contribution in [0.15, 0.2) is 54.6 Å². The summed E-state index contributed by atoms with van der Waals surface area (Å²) in [6, 6.07) is 15.3. The van der Waals surface area contributed by atoms with E-state index in [4.69, 9.17) is 0 Å². The van der Waals surface area contributed by atoms with Crippen molar-refractivity contribution in [3.05, 3.63) is 65.7 Å². The zero-order valence-corrected chi connectivity index (χ0v) is 12.7. The lowest BCUT2D eigenvalue weighted by atomic mass is 10.1. The molecule has 23 heavy (non-hydrogen) atoms. The highest BCUT2D eigenvalue weighted by Gasteiger charge is 2.10. The normalized spacial score (nSPS) is 9.96. The molecule has 0 aliphatic rings. The van der Waals surface area contributed by atoms with Crippen LogP contribution in [0.5, 0.6) is 0 Å². The van der Waals surface area contributed by atoms with E-state index >= 15 is 0 Å². The van der Waals surface area contributed by atoms with Gasteiger partial charge in [-0.05, 0) is 18.2 Å². The Bertz CT molecular complexity index is 710. The van der Waals surface area contributed by atoms with Crippen molar-refractivity contribution < 1.29 is 19.1 Å². The van der Waals surface area contributed by atoms with Crippen LogP contribution in [0, 0.1) is 0 Å². The van der Waals surface area contributed by atoms with Gasteiger partial charge in [0, 0.05) is 24.1 Å². The molecule has 0 fully saturated rings. The zero-order valence-electron chi connectivity index (χ0n) is 12.7. The number of benzene rings is 2. The Morgan fingerprint density at radius 3 is 2.30 bits per heavy atom. The highest BCUT2D eigenvalue weighted by atomic mass is 16.5. The van der Waals surface area contributed by atoms with Crippen LogP contribution in [-0.4, -0.2) is 24.8 Å². The van der Waals surface area contributed by atoms with Crippen LogP contribution in [0.3, 0.4) is 0 Å². The molecular formula is C18H17NO4. The fourth-order valence-electron chi connectivity index (χ4n) is 2.06. The molecule has 1 N–H and O–H groups in total. The molecule has 0 aromatic heterocycles. The van der Waals surface area contributed by atoms with E-state index in [2.05, 4.69) is 10.1 Å². The maximum atomic E-state index is 11.9. The molecular weight excluding hydrogens is 294 g/mol. The molecule has 0 radical (unpaired) electrons. The van der Waals surface area contributed by atoms with Crippen LogP contribution in [0.25, 0.3) is 0 Å². The van der Waals surface area contributed by atoms with Gasteiger partial charge in [0.25, 0.3) is 0 Å².